The molecular formula is C21H20FN3OS. The number of amides is 1. The highest BCUT2D eigenvalue weighted by atomic mass is 32.1. The number of carbonyl (C=O) groups excluding carboxylic acids is 1. The van der Waals surface area contributed by atoms with E-state index in [1.807, 2.05) is 46.8 Å². The molecule has 0 bridgehead atoms. The third-order valence-corrected chi connectivity index (χ3v) is 6.47. The van der Waals surface area contributed by atoms with Gasteiger partial charge >= 0.3 is 0 Å². The largest absolute Gasteiger partial charge is 0.337 e. The molecular weight excluding hydrogens is 361 g/mol. The smallest absolute Gasteiger partial charge is 0.271 e. The number of likely N-dealkylation sites (tertiary alicyclic amines) is 1. The second-order valence-electron chi connectivity index (χ2n) is 7.23. The summed E-state index contributed by atoms with van der Waals surface area (Å²) in [5.41, 5.74) is 1.46. The normalized spacial score (nSPS) is 22.1. The predicted molar refractivity (Wildman–Crippen MR) is 103 cm³/mol. The molecule has 0 saturated carbocycles. The van der Waals surface area contributed by atoms with Crippen LogP contribution < -0.4 is 0 Å². The van der Waals surface area contributed by atoms with Crippen LogP contribution in [0, 0.1) is 5.82 Å². The molecule has 3 aromatic rings. The highest BCUT2D eigenvalue weighted by Gasteiger charge is 2.44. The zero-order valence-corrected chi connectivity index (χ0v) is 15.6. The Labute approximate surface area is 161 Å². The van der Waals surface area contributed by atoms with Gasteiger partial charge in [-0.15, -0.1) is 11.3 Å². The molecule has 0 N–H and O–H groups in total. The van der Waals surface area contributed by atoms with Gasteiger partial charge in [0.15, 0.2) is 0 Å². The molecule has 2 atom stereocenters. The van der Waals surface area contributed by atoms with E-state index >= 15 is 0 Å². The summed E-state index contributed by atoms with van der Waals surface area (Å²) in [6.45, 7) is 2.77. The molecule has 6 heteroatoms. The Bertz CT molecular complexity index is 967. The number of benzene rings is 1. The Morgan fingerprint density at radius 2 is 1.85 bits per heavy atom. The van der Waals surface area contributed by atoms with Gasteiger partial charge in [-0.3, -0.25) is 9.69 Å². The lowest BCUT2D eigenvalue weighted by molar-refractivity contribution is 0.0559. The third kappa shape index (κ3) is 2.89. The van der Waals surface area contributed by atoms with Crippen molar-refractivity contribution in [3.63, 3.8) is 0 Å². The van der Waals surface area contributed by atoms with Crippen LogP contribution in [0.1, 0.15) is 27.0 Å². The van der Waals surface area contributed by atoms with Crippen molar-refractivity contribution in [2.24, 2.45) is 0 Å². The summed E-state index contributed by atoms with van der Waals surface area (Å²) < 4.78 is 16.2. The van der Waals surface area contributed by atoms with Crippen molar-refractivity contribution in [2.45, 2.75) is 25.2 Å². The first-order valence-corrected chi connectivity index (χ1v) is 10.0. The van der Waals surface area contributed by atoms with E-state index in [9.17, 15) is 9.18 Å². The van der Waals surface area contributed by atoms with Gasteiger partial charge in [0.1, 0.15) is 11.5 Å². The van der Waals surface area contributed by atoms with Gasteiger partial charge in [-0.05, 0) is 29.6 Å². The van der Waals surface area contributed by atoms with E-state index in [1.54, 1.807) is 17.4 Å². The first kappa shape index (κ1) is 16.7. The van der Waals surface area contributed by atoms with Gasteiger partial charge in [-0.2, -0.15) is 0 Å². The quantitative estimate of drug-likeness (QED) is 0.688. The summed E-state index contributed by atoms with van der Waals surface area (Å²) in [6.07, 6.45) is 2.00. The number of thiophene rings is 1. The Kier molecular flexibility index (Phi) is 4.10. The van der Waals surface area contributed by atoms with E-state index in [4.69, 9.17) is 0 Å². The SMILES string of the molecule is O=C1c2cccn2[C@@H]2CN(Cc3ccccc3F)C[C@@H]2N1Cc1cccs1. The molecule has 1 saturated heterocycles. The average Bonchev–Trinajstić information content (AvgIpc) is 3.40. The minimum Gasteiger partial charge on any atom is -0.337 e. The van der Waals surface area contributed by atoms with E-state index in [2.05, 4.69) is 15.5 Å². The zero-order valence-electron chi connectivity index (χ0n) is 14.8. The lowest BCUT2D eigenvalue weighted by Gasteiger charge is -2.38. The third-order valence-electron chi connectivity index (χ3n) is 5.61. The Hall–Kier alpha value is -2.44. The molecule has 2 aliphatic heterocycles. The molecule has 1 fully saturated rings. The summed E-state index contributed by atoms with van der Waals surface area (Å²) in [5, 5.41) is 2.04. The fourth-order valence-electron chi connectivity index (χ4n) is 4.34. The lowest BCUT2D eigenvalue weighted by Crippen LogP contribution is -2.49. The summed E-state index contributed by atoms with van der Waals surface area (Å²) in [6, 6.07) is 15.2. The molecule has 1 aromatic carbocycles. The molecule has 0 unspecified atom stereocenters. The minimum atomic E-state index is -0.166. The molecule has 2 aromatic heterocycles. The summed E-state index contributed by atoms with van der Waals surface area (Å²) in [5.74, 6) is -0.0806. The van der Waals surface area contributed by atoms with Crippen LogP contribution in [-0.4, -0.2) is 39.4 Å². The number of hydrogen-bond acceptors (Lipinski definition) is 3. The molecule has 0 spiro atoms. The van der Waals surface area contributed by atoms with E-state index in [0.717, 1.165) is 18.8 Å². The number of fused-ring (bicyclic) bond motifs is 3. The maximum absolute atomic E-state index is 14.1. The second-order valence-corrected chi connectivity index (χ2v) is 8.27. The van der Waals surface area contributed by atoms with Crippen molar-refractivity contribution in [1.82, 2.24) is 14.4 Å². The van der Waals surface area contributed by atoms with Crippen molar-refractivity contribution >= 4 is 17.2 Å². The van der Waals surface area contributed by atoms with Crippen LogP contribution in [0.25, 0.3) is 0 Å². The molecule has 4 nitrogen and oxygen atoms in total. The maximum Gasteiger partial charge on any atom is 0.271 e. The van der Waals surface area contributed by atoms with Gasteiger partial charge in [0.25, 0.3) is 5.91 Å². The summed E-state index contributed by atoms with van der Waals surface area (Å²) >= 11 is 1.68. The average molecular weight is 381 g/mol. The van der Waals surface area contributed by atoms with Gasteiger partial charge in [-0.25, -0.2) is 4.39 Å². The molecule has 27 heavy (non-hydrogen) atoms. The Balaban J connectivity index is 1.44. The fourth-order valence-corrected chi connectivity index (χ4v) is 5.05. The molecule has 1 amide bonds. The highest BCUT2D eigenvalue weighted by Crippen LogP contribution is 2.35. The van der Waals surface area contributed by atoms with Crippen LogP contribution in [-0.2, 0) is 13.1 Å². The molecule has 0 aliphatic carbocycles. The first-order valence-electron chi connectivity index (χ1n) is 9.16. The molecule has 5 rings (SSSR count). The Morgan fingerprint density at radius 3 is 2.67 bits per heavy atom. The van der Waals surface area contributed by atoms with Crippen LogP contribution in [0.4, 0.5) is 4.39 Å². The fraction of sp³-hybridized carbons (Fsp3) is 0.286. The van der Waals surface area contributed by atoms with Crippen molar-refractivity contribution in [2.75, 3.05) is 13.1 Å². The molecule has 2 aliphatic rings. The number of rotatable bonds is 4. The standard InChI is InChI=1S/C21H20FN3OS/c22-17-7-2-1-5-15(17)11-23-13-19-20(14-23)25(12-16-6-4-10-27-16)21(26)18-8-3-9-24(18)19/h1-10,19-20H,11-14H2/t19-,20+/m1/s1. The van der Waals surface area contributed by atoms with Crippen molar-refractivity contribution in [1.29, 1.82) is 0 Å². The van der Waals surface area contributed by atoms with Crippen molar-refractivity contribution < 1.29 is 9.18 Å². The van der Waals surface area contributed by atoms with Gasteiger partial charge in [0, 0.05) is 36.3 Å². The number of hydrogen-bond donors (Lipinski definition) is 0. The minimum absolute atomic E-state index is 0.0855. The van der Waals surface area contributed by atoms with E-state index in [0.29, 0.717) is 18.7 Å². The predicted octanol–water partition coefficient (Wildman–Crippen LogP) is 3.77. The van der Waals surface area contributed by atoms with Crippen LogP contribution in [0.5, 0.6) is 0 Å². The van der Waals surface area contributed by atoms with E-state index in [1.165, 1.54) is 10.9 Å². The number of nitrogens with zero attached hydrogens (tertiary/aromatic N) is 3. The lowest BCUT2D eigenvalue weighted by atomic mass is 10.1. The van der Waals surface area contributed by atoms with Crippen LogP contribution >= 0.6 is 11.3 Å². The number of aromatic nitrogens is 1. The highest BCUT2D eigenvalue weighted by molar-refractivity contribution is 7.09. The number of halogens is 1. The maximum atomic E-state index is 14.1. The number of carbonyl (C=O) groups is 1. The topological polar surface area (TPSA) is 28.5 Å². The van der Waals surface area contributed by atoms with E-state index in [-0.39, 0.29) is 23.8 Å². The molecule has 0 radical (unpaired) electrons. The monoisotopic (exact) mass is 381 g/mol. The zero-order chi connectivity index (χ0) is 18.4. The Morgan fingerprint density at radius 1 is 1.00 bits per heavy atom. The first-order chi connectivity index (χ1) is 13.2. The molecule has 4 heterocycles. The summed E-state index contributed by atoms with van der Waals surface area (Å²) in [4.78, 5) is 18.6. The van der Waals surface area contributed by atoms with Crippen LogP contribution in [0.15, 0.2) is 60.1 Å². The second kappa shape index (κ2) is 6.62. The van der Waals surface area contributed by atoms with Crippen LogP contribution in [0.3, 0.4) is 0 Å². The van der Waals surface area contributed by atoms with Gasteiger partial charge < -0.3 is 9.47 Å². The van der Waals surface area contributed by atoms with Gasteiger partial charge in [-0.1, -0.05) is 24.3 Å². The van der Waals surface area contributed by atoms with Gasteiger partial charge in [0.2, 0.25) is 0 Å². The summed E-state index contributed by atoms with van der Waals surface area (Å²) in [7, 11) is 0. The van der Waals surface area contributed by atoms with Crippen molar-refractivity contribution in [3.8, 4) is 0 Å². The van der Waals surface area contributed by atoms with Crippen LogP contribution in [0.2, 0.25) is 0 Å². The van der Waals surface area contributed by atoms with Gasteiger partial charge in [0.05, 0.1) is 18.6 Å². The molecule has 138 valence electrons. The van der Waals surface area contributed by atoms with E-state index < -0.39 is 0 Å². The van der Waals surface area contributed by atoms with Crippen molar-refractivity contribution in [3.05, 3.63) is 82.1 Å².